The van der Waals surface area contributed by atoms with Crippen molar-refractivity contribution in [1.29, 1.82) is 0 Å². The van der Waals surface area contributed by atoms with E-state index in [4.69, 9.17) is 10.2 Å². The van der Waals surface area contributed by atoms with Crippen LogP contribution in [0.3, 0.4) is 0 Å². The van der Waals surface area contributed by atoms with Gasteiger partial charge in [0.2, 0.25) is 10.0 Å². The lowest BCUT2D eigenvalue weighted by atomic mass is 10.3. The molecule has 104 valence electrons. The zero-order valence-electron chi connectivity index (χ0n) is 9.38. The van der Waals surface area contributed by atoms with Gasteiger partial charge in [-0.05, 0) is 6.07 Å². The highest BCUT2D eigenvalue weighted by molar-refractivity contribution is 7.89. The molecule has 0 aliphatic carbocycles. The lowest BCUT2D eigenvalue weighted by Crippen LogP contribution is -2.43. The third kappa shape index (κ3) is 3.47. The fraction of sp³-hybridized carbons (Fsp3) is 0.222. The molecule has 9 nitrogen and oxygen atoms in total. The fourth-order valence-electron chi connectivity index (χ4n) is 1.25. The molecule has 1 atom stereocenters. The van der Waals surface area contributed by atoms with Gasteiger partial charge in [-0.15, -0.1) is 0 Å². The van der Waals surface area contributed by atoms with Crippen molar-refractivity contribution >= 4 is 21.7 Å². The van der Waals surface area contributed by atoms with Crippen molar-refractivity contribution in [3.63, 3.8) is 0 Å². The number of carbonyl (C=O) groups is 1. The molecule has 0 saturated carbocycles. The second-order valence-corrected chi connectivity index (χ2v) is 5.10. The van der Waals surface area contributed by atoms with Crippen LogP contribution in [0.25, 0.3) is 0 Å². The smallest absolute Gasteiger partial charge is 0.324 e. The van der Waals surface area contributed by atoms with Crippen LogP contribution in [-0.2, 0) is 14.8 Å². The molecule has 0 heterocycles. The standard InChI is InChI=1S/C9H10N2O7S/c12-5-6(9(13)14)10-19(17,18)8-4-2-1-3-7(8)11(15)16/h1-4,6,10,12H,5H2,(H,13,14)/t6-/m1/s1. The number of hydrogen-bond acceptors (Lipinski definition) is 6. The minimum atomic E-state index is -4.42. The molecule has 0 aliphatic rings. The summed E-state index contributed by atoms with van der Waals surface area (Å²) in [7, 11) is -4.42. The second-order valence-electron chi connectivity index (χ2n) is 3.42. The topological polar surface area (TPSA) is 147 Å². The largest absolute Gasteiger partial charge is 0.480 e. The molecular weight excluding hydrogens is 280 g/mol. The quantitative estimate of drug-likeness (QED) is 0.464. The Balaban J connectivity index is 3.21. The second kappa shape index (κ2) is 5.73. The number of nitro benzene ring substituents is 1. The average molecular weight is 290 g/mol. The number of aliphatic hydroxyl groups is 1. The van der Waals surface area contributed by atoms with E-state index in [1.807, 2.05) is 0 Å². The number of nitro groups is 1. The van der Waals surface area contributed by atoms with Gasteiger partial charge in [-0.2, -0.15) is 4.72 Å². The van der Waals surface area contributed by atoms with Crippen molar-refractivity contribution in [3.8, 4) is 0 Å². The Morgan fingerprint density at radius 3 is 2.47 bits per heavy atom. The Morgan fingerprint density at radius 2 is 2.00 bits per heavy atom. The van der Waals surface area contributed by atoms with Crippen molar-refractivity contribution in [1.82, 2.24) is 4.72 Å². The fourth-order valence-corrected chi connectivity index (χ4v) is 2.60. The van der Waals surface area contributed by atoms with Crippen LogP contribution in [0.4, 0.5) is 5.69 Å². The molecule has 19 heavy (non-hydrogen) atoms. The highest BCUT2D eigenvalue weighted by atomic mass is 32.2. The van der Waals surface area contributed by atoms with Gasteiger partial charge in [0, 0.05) is 6.07 Å². The summed E-state index contributed by atoms with van der Waals surface area (Å²) in [4.78, 5) is 19.8. The van der Waals surface area contributed by atoms with Gasteiger partial charge in [0.25, 0.3) is 5.69 Å². The summed E-state index contributed by atoms with van der Waals surface area (Å²) < 4.78 is 25.4. The highest BCUT2D eigenvalue weighted by Crippen LogP contribution is 2.22. The minimum Gasteiger partial charge on any atom is -0.480 e. The van der Waals surface area contributed by atoms with Crippen LogP contribution < -0.4 is 4.72 Å². The molecule has 1 aromatic carbocycles. The molecule has 0 unspecified atom stereocenters. The normalized spacial score (nSPS) is 12.9. The van der Waals surface area contributed by atoms with Gasteiger partial charge in [0.05, 0.1) is 11.5 Å². The molecule has 0 aromatic heterocycles. The maximum Gasteiger partial charge on any atom is 0.324 e. The number of para-hydroxylation sites is 1. The number of sulfonamides is 1. The Labute approximate surface area is 107 Å². The summed E-state index contributed by atoms with van der Waals surface area (Å²) in [6.07, 6.45) is 0. The SMILES string of the molecule is O=C(O)[C@@H](CO)NS(=O)(=O)c1ccccc1[N+](=O)[O-]. The minimum absolute atomic E-state index is 0.667. The molecule has 0 bridgehead atoms. The number of aliphatic hydroxyl groups excluding tert-OH is 1. The van der Waals surface area contributed by atoms with Crippen LogP contribution >= 0.6 is 0 Å². The van der Waals surface area contributed by atoms with Crippen molar-refractivity contribution < 1.29 is 28.3 Å². The summed E-state index contributed by atoms with van der Waals surface area (Å²) in [5.41, 5.74) is -0.683. The third-order valence-electron chi connectivity index (χ3n) is 2.13. The Morgan fingerprint density at radius 1 is 1.42 bits per heavy atom. The number of benzene rings is 1. The van der Waals surface area contributed by atoms with Gasteiger partial charge in [0.1, 0.15) is 6.04 Å². The molecule has 0 aliphatic heterocycles. The highest BCUT2D eigenvalue weighted by Gasteiger charge is 2.29. The first-order chi connectivity index (χ1) is 8.79. The van der Waals surface area contributed by atoms with E-state index >= 15 is 0 Å². The molecule has 0 saturated heterocycles. The molecule has 0 fully saturated rings. The van der Waals surface area contributed by atoms with Crippen LogP contribution in [0.5, 0.6) is 0 Å². The summed E-state index contributed by atoms with van der Waals surface area (Å²) in [6, 6.07) is 2.71. The number of aliphatic carboxylic acids is 1. The lowest BCUT2D eigenvalue weighted by Gasteiger charge is -2.12. The molecule has 1 rings (SSSR count). The van der Waals surface area contributed by atoms with Gasteiger partial charge in [-0.1, -0.05) is 12.1 Å². The zero-order chi connectivity index (χ0) is 14.6. The van der Waals surface area contributed by atoms with Crippen molar-refractivity contribution in [2.75, 3.05) is 6.61 Å². The number of nitrogens with one attached hydrogen (secondary N) is 1. The lowest BCUT2D eigenvalue weighted by molar-refractivity contribution is -0.387. The molecule has 1 aromatic rings. The first-order valence-electron chi connectivity index (χ1n) is 4.89. The van der Waals surface area contributed by atoms with Crippen LogP contribution in [0.1, 0.15) is 0 Å². The Hall–Kier alpha value is -2.04. The Kier molecular flexibility index (Phi) is 4.53. The van der Waals surface area contributed by atoms with E-state index in [0.717, 1.165) is 12.1 Å². The average Bonchev–Trinajstić information content (AvgIpc) is 2.35. The van der Waals surface area contributed by atoms with Crippen LogP contribution in [-0.4, -0.2) is 42.2 Å². The van der Waals surface area contributed by atoms with Crippen LogP contribution in [0.15, 0.2) is 29.2 Å². The number of nitrogens with zero attached hydrogens (tertiary/aromatic N) is 1. The van der Waals surface area contributed by atoms with Crippen molar-refractivity contribution in [3.05, 3.63) is 34.4 Å². The maximum atomic E-state index is 11.8. The molecule has 10 heteroatoms. The molecule has 0 spiro atoms. The van der Waals surface area contributed by atoms with E-state index in [1.54, 1.807) is 4.72 Å². The van der Waals surface area contributed by atoms with Gasteiger partial charge in [-0.3, -0.25) is 14.9 Å². The number of carboxylic acid groups (broad SMARTS) is 1. The maximum absolute atomic E-state index is 11.8. The third-order valence-corrected chi connectivity index (χ3v) is 3.65. The van der Waals surface area contributed by atoms with Gasteiger partial charge < -0.3 is 10.2 Å². The molecular formula is C9H10N2O7S. The number of carboxylic acids is 1. The summed E-state index contributed by atoms with van der Waals surface area (Å²) in [5.74, 6) is -1.59. The monoisotopic (exact) mass is 290 g/mol. The van der Waals surface area contributed by atoms with E-state index in [1.165, 1.54) is 12.1 Å². The molecule has 0 amide bonds. The van der Waals surface area contributed by atoms with Crippen LogP contribution in [0.2, 0.25) is 0 Å². The van der Waals surface area contributed by atoms with Gasteiger partial charge in [-0.25, -0.2) is 8.42 Å². The van der Waals surface area contributed by atoms with E-state index in [9.17, 15) is 23.3 Å². The first kappa shape index (κ1) is 15.0. The summed E-state index contributed by atoms with van der Waals surface area (Å²) in [6.45, 7) is -0.977. The van der Waals surface area contributed by atoms with Crippen LogP contribution in [0, 0.1) is 10.1 Å². The Bertz CT molecular complexity index is 598. The van der Waals surface area contributed by atoms with Gasteiger partial charge in [0.15, 0.2) is 4.90 Å². The number of hydrogen-bond donors (Lipinski definition) is 3. The number of rotatable bonds is 6. The van der Waals surface area contributed by atoms with E-state index < -0.39 is 44.1 Å². The van der Waals surface area contributed by atoms with Crippen molar-refractivity contribution in [2.45, 2.75) is 10.9 Å². The molecule has 3 N–H and O–H groups in total. The van der Waals surface area contributed by atoms with E-state index in [2.05, 4.69) is 0 Å². The van der Waals surface area contributed by atoms with E-state index in [-0.39, 0.29) is 0 Å². The van der Waals surface area contributed by atoms with E-state index in [0.29, 0.717) is 0 Å². The first-order valence-corrected chi connectivity index (χ1v) is 6.37. The van der Waals surface area contributed by atoms with Gasteiger partial charge >= 0.3 is 5.97 Å². The summed E-state index contributed by atoms with van der Waals surface area (Å²) in [5, 5.41) is 28.1. The molecule has 0 radical (unpaired) electrons. The summed E-state index contributed by atoms with van der Waals surface area (Å²) >= 11 is 0. The predicted octanol–water partition coefficient (Wildman–Crippen LogP) is -0.681. The predicted molar refractivity (Wildman–Crippen MR) is 61.9 cm³/mol. The zero-order valence-corrected chi connectivity index (χ0v) is 10.2. The van der Waals surface area contributed by atoms with Crippen molar-refractivity contribution in [2.24, 2.45) is 0 Å².